The van der Waals surface area contributed by atoms with E-state index in [9.17, 15) is 14.4 Å². The highest BCUT2D eigenvalue weighted by molar-refractivity contribution is 5.99. The third kappa shape index (κ3) is 5.28. The lowest BCUT2D eigenvalue weighted by Gasteiger charge is -2.14. The van der Waals surface area contributed by atoms with E-state index in [-0.39, 0.29) is 5.78 Å². The highest BCUT2D eigenvalue weighted by atomic mass is 16.5. The van der Waals surface area contributed by atoms with Gasteiger partial charge in [-0.15, -0.1) is 0 Å². The van der Waals surface area contributed by atoms with Crippen LogP contribution in [0.4, 0.5) is 0 Å². The Morgan fingerprint density at radius 2 is 1.61 bits per heavy atom. The molecule has 0 saturated carbocycles. The molecular formula is C23H26O5. The van der Waals surface area contributed by atoms with Gasteiger partial charge in [-0.2, -0.15) is 0 Å². The minimum atomic E-state index is -0.787. The first kappa shape index (κ1) is 21.4. The van der Waals surface area contributed by atoms with Gasteiger partial charge in [-0.25, -0.2) is 4.79 Å². The second-order valence-electron chi connectivity index (χ2n) is 6.58. The van der Waals surface area contributed by atoms with E-state index < -0.39 is 17.9 Å². The highest BCUT2D eigenvalue weighted by Gasteiger charge is 2.27. The average Bonchev–Trinajstić information content (AvgIpc) is 2.75. The van der Waals surface area contributed by atoms with Gasteiger partial charge < -0.3 is 9.47 Å². The molecule has 0 N–H and O–H groups in total. The summed E-state index contributed by atoms with van der Waals surface area (Å²) in [6.07, 6.45) is 2.33. The Kier molecular flexibility index (Phi) is 7.93. The summed E-state index contributed by atoms with van der Waals surface area (Å²) in [4.78, 5) is 36.4. The van der Waals surface area contributed by atoms with Crippen LogP contribution in [0.5, 0.6) is 0 Å². The Balaban J connectivity index is 2.23. The SMILES string of the molecule is CCCCC(=O)C(Cc1ccc(-c2ccccc2C(=O)OC)cc1)C(=O)OC. The van der Waals surface area contributed by atoms with Crippen LogP contribution in [0.25, 0.3) is 11.1 Å². The summed E-state index contributed by atoms with van der Waals surface area (Å²) in [6.45, 7) is 2.01. The summed E-state index contributed by atoms with van der Waals surface area (Å²) in [5, 5.41) is 0. The van der Waals surface area contributed by atoms with E-state index in [0.717, 1.165) is 29.5 Å². The molecule has 0 amide bonds. The van der Waals surface area contributed by atoms with E-state index in [1.165, 1.54) is 14.2 Å². The zero-order valence-electron chi connectivity index (χ0n) is 16.6. The van der Waals surface area contributed by atoms with Gasteiger partial charge in [-0.1, -0.05) is 55.8 Å². The number of ketones is 1. The monoisotopic (exact) mass is 382 g/mol. The molecule has 5 nitrogen and oxygen atoms in total. The fourth-order valence-electron chi connectivity index (χ4n) is 3.08. The van der Waals surface area contributed by atoms with E-state index in [4.69, 9.17) is 9.47 Å². The van der Waals surface area contributed by atoms with Gasteiger partial charge >= 0.3 is 11.9 Å². The van der Waals surface area contributed by atoms with Gasteiger partial charge in [0.1, 0.15) is 11.7 Å². The molecule has 0 spiro atoms. The molecular weight excluding hydrogens is 356 g/mol. The molecule has 0 bridgehead atoms. The smallest absolute Gasteiger partial charge is 0.338 e. The fraction of sp³-hybridized carbons (Fsp3) is 0.348. The topological polar surface area (TPSA) is 69.7 Å². The number of hydrogen-bond donors (Lipinski definition) is 0. The molecule has 0 aliphatic heterocycles. The van der Waals surface area contributed by atoms with Crippen molar-refractivity contribution in [3.05, 3.63) is 59.7 Å². The van der Waals surface area contributed by atoms with E-state index in [2.05, 4.69) is 0 Å². The zero-order valence-corrected chi connectivity index (χ0v) is 16.6. The van der Waals surface area contributed by atoms with Crippen molar-refractivity contribution in [3.8, 4) is 11.1 Å². The third-order valence-corrected chi connectivity index (χ3v) is 4.69. The molecule has 0 aliphatic rings. The molecule has 148 valence electrons. The Morgan fingerprint density at radius 1 is 0.929 bits per heavy atom. The van der Waals surface area contributed by atoms with Gasteiger partial charge in [0.2, 0.25) is 0 Å². The number of rotatable bonds is 9. The van der Waals surface area contributed by atoms with Crippen molar-refractivity contribution >= 4 is 17.7 Å². The van der Waals surface area contributed by atoms with Crippen molar-refractivity contribution in [3.63, 3.8) is 0 Å². The van der Waals surface area contributed by atoms with Crippen molar-refractivity contribution in [2.75, 3.05) is 14.2 Å². The van der Waals surface area contributed by atoms with Crippen LogP contribution in [0.15, 0.2) is 48.5 Å². The lowest BCUT2D eigenvalue weighted by molar-refractivity contribution is -0.149. The Bertz CT molecular complexity index is 823. The van der Waals surface area contributed by atoms with Crippen LogP contribution < -0.4 is 0 Å². The van der Waals surface area contributed by atoms with Gasteiger partial charge in [0.05, 0.1) is 19.8 Å². The summed E-state index contributed by atoms with van der Waals surface area (Å²) in [5.41, 5.74) is 2.97. The maximum atomic E-state index is 12.4. The molecule has 2 aromatic rings. The third-order valence-electron chi connectivity index (χ3n) is 4.69. The van der Waals surface area contributed by atoms with Gasteiger partial charge in [0.15, 0.2) is 0 Å². The molecule has 2 rings (SSSR count). The van der Waals surface area contributed by atoms with E-state index in [1.807, 2.05) is 43.3 Å². The maximum absolute atomic E-state index is 12.4. The highest BCUT2D eigenvalue weighted by Crippen LogP contribution is 2.25. The number of carbonyl (C=O) groups is 3. The second-order valence-corrected chi connectivity index (χ2v) is 6.58. The first-order chi connectivity index (χ1) is 13.5. The van der Waals surface area contributed by atoms with E-state index >= 15 is 0 Å². The average molecular weight is 382 g/mol. The normalized spacial score (nSPS) is 11.5. The predicted molar refractivity (Wildman–Crippen MR) is 107 cm³/mol. The van der Waals surface area contributed by atoms with Gasteiger partial charge in [-0.3, -0.25) is 9.59 Å². The second kappa shape index (κ2) is 10.4. The molecule has 0 aromatic heterocycles. The Labute approximate surface area is 165 Å². The van der Waals surface area contributed by atoms with Gasteiger partial charge in [0, 0.05) is 6.42 Å². The van der Waals surface area contributed by atoms with Crippen molar-refractivity contribution in [1.82, 2.24) is 0 Å². The number of esters is 2. The van der Waals surface area contributed by atoms with E-state index in [0.29, 0.717) is 18.4 Å². The minimum Gasteiger partial charge on any atom is -0.468 e. The van der Waals surface area contributed by atoms with Crippen LogP contribution in [0.1, 0.15) is 42.1 Å². The summed E-state index contributed by atoms with van der Waals surface area (Å²) in [7, 11) is 2.65. The molecule has 0 heterocycles. The number of ether oxygens (including phenoxy) is 2. The summed E-state index contributed by atoms with van der Waals surface area (Å²) in [6, 6.07) is 14.7. The Hall–Kier alpha value is -2.95. The van der Waals surface area contributed by atoms with Crippen LogP contribution >= 0.6 is 0 Å². The van der Waals surface area contributed by atoms with Crippen molar-refractivity contribution in [2.45, 2.75) is 32.6 Å². The molecule has 0 fully saturated rings. The molecule has 5 heteroatoms. The fourth-order valence-corrected chi connectivity index (χ4v) is 3.08. The molecule has 0 radical (unpaired) electrons. The number of unbranched alkanes of at least 4 members (excludes halogenated alkanes) is 1. The maximum Gasteiger partial charge on any atom is 0.338 e. The molecule has 0 saturated heterocycles. The lowest BCUT2D eigenvalue weighted by atomic mass is 9.91. The molecule has 28 heavy (non-hydrogen) atoms. The summed E-state index contributed by atoms with van der Waals surface area (Å²) in [5.74, 6) is -1.77. The van der Waals surface area contributed by atoms with Crippen LogP contribution in [-0.2, 0) is 25.5 Å². The standard InChI is InChI=1S/C23H26O5/c1-4-5-10-21(24)20(23(26)28-3)15-16-11-13-17(14-12-16)18-8-6-7-9-19(18)22(25)27-2/h6-9,11-14,20H,4-5,10,15H2,1-3H3. The minimum absolute atomic E-state index is 0.0891. The van der Waals surface area contributed by atoms with Crippen LogP contribution in [0, 0.1) is 5.92 Å². The molecule has 0 aliphatic carbocycles. The van der Waals surface area contributed by atoms with Gasteiger partial charge in [0.25, 0.3) is 0 Å². The first-order valence-corrected chi connectivity index (χ1v) is 9.39. The van der Waals surface area contributed by atoms with Crippen molar-refractivity contribution < 1.29 is 23.9 Å². The summed E-state index contributed by atoms with van der Waals surface area (Å²) >= 11 is 0. The number of benzene rings is 2. The zero-order chi connectivity index (χ0) is 20.5. The van der Waals surface area contributed by atoms with Gasteiger partial charge in [-0.05, 0) is 35.6 Å². The first-order valence-electron chi connectivity index (χ1n) is 9.39. The number of Topliss-reactive ketones (excluding diaryl/α,β-unsaturated/α-hetero) is 1. The Morgan fingerprint density at radius 3 is 2.21 bits per heavy atom. The predicted octanol–water partition coefficient (Wildman–Crippen LogP) is 4.23. The molecule has 2 aromatic carbocycles. The summed E-state index contributed by atoms with van der Waals surface area (Å²) < 4.78 is 9.67. The van der Waals surface area contributed by atoms with E-state index in [1.54, 1.807) is 12.1 Å². The van der Waals surface area contributed by atoms with Crippen LogP contribution in [-0.4, -0.2) is 31.9 Å². The van der Waals surface area contributed by atoms with Crippen LogP contribution in [0.3, 0.4) is 0 Å². The molecule has 1 unspecified atom stereocenters. The number of carbonyl (C=O) groups excluding carboxylic acids is 3. The largest absolute Gasteiger partial charge is 0.468 e. The number of hydrogen-bond acceptors (Lipinski definition) is 5. The number of methoxy groups -OCH3 is 2. The van der Waals surface area contributed by atoms with Crippen molar-refractivity contribution in [2.24, 2.45) is 5.92 Å². The van der Waals surface area contributed by atoms with Crippen LogP contribution in [0.2, 0.25) is 0 Å². The van der Waals surface area contributed by atoms with Crippen molar-refractivity contribution in [1.29, 1.82) is 0 Å². The quantitative estimate of drug-likeness (QED) is 0.479. The lowest BCUT2D eigenvalue weighted by Crippen LogP contribution is -2.27. The molecule has 1 atom stereocenters.